The van der Waals surface area contributed by atoms with Gasteiger partial charge in [-0.25, -0.2) is 0 Å². The van der Waals surface area contributed by atoms with Crippen molar-refractivity contribution >= 4 is 5.78 Å². The number of hydrogen-bond donors (Lipinski definition) is 1. The Morgan fingerprint density at radius 2 is 1.45 bits per heavy atom. The largest absolute Gasteiger partial charge is 0.508 e. The van der Waals surface area contributed by atoms with Crippen LogP contribution in [0.25, 0.3) is 0 Å². The van der Waals surface area contributed by atoms with E-state index in [0.717, 1.165) is 0 Å². The third-order valence-corrected chi connectivity index (χ3v) is 3.22. The summed E-state index contributed by atoms with van der Waals surface area (Å²) in [5.41, 5.74) is 0.985. The van der Waals surface area contributed by atoms with Crippen LogP contribution in [0.4, 0.5) is 0 Å². The molecule has 3 aromatic rings. The molecule has 108 valence electrons. The molecule has 0 bridgehead atoms. The molecule has 1 N–H and O–H groups in total. The Hall–Kier alpha value is -3.07. The zero-order chi connectivity index (χ0) is 15.4. The van der Waals surface area contributed by atoms with Crippen LogP contribution in [0.3, 0.4) is 0 Å². The first-order valence-corrected chi connectivity index (χ1v) is 6.90. The number of benzene rings is 3. The van der Waals surface area contributed by atoms with Crippen LogP contribution in [0.1, 0.15) is 15.9 Å². The Morgan fingerprint density at radius 1 is 0.818 bits per heavy atom. The maximum absolute atomic E-state index is 12.6. The topological polar surface area (TPSA) is 46.5 Å². The molecule has 0 aliphatic carbocycles. The molecule has 0 saturated heterocycles. The molecule has 0 aliphatic rings. The highest BCUT2D eigenvalue weighted by molar-refractivity contribution is 6.10. The van der Waals surface area contributed by atoms with E-state index < -0.39 is 0 Å². The molecule has 3 rings (SSSR count). The van der Waals surface area contributed by atoms with Crippen LogP contribution in [0.15, 0.2) is 78.9 Å². The fourth-order valence-corrected chi connectivity index (χ4v) is 2.14. The second-order valence-electron chi connectivity index (χ2n) is 4.79. The number of phenolic OH excluding ortho intramolecular Hbond substituents is 1. The van der Waals surface area contributed by atoms with E-state index in [2.05, 4.69) is 0 Å². The van der Waals surface area contributed by atoms with Gasteiger partial charge in [0.15, 0.2) is 5.78 Å². The van der Waals surface area contributed by atoms with E-state index in [-0.39, 0.29) is 11.5 Å². The Balaban J connectivity index is 1.99. The number of para-hydroxylation sites is 1. The molecule has 0 fully saturated rings. The minimum atomic E-state index is -0.147. The first-order chi connectivity index (χ1) is 10.7. The Labute approximate surface area is 128 Å². The highest BCUT2D eigenvalue weighted by Gasteiger charge is 2.15. The quantitative estimate of drug-likeness (QED) is 0.724. The molecule has 0 amide bonds. The molecule has 3 heteroatoms. The van der Waals surface area contributed by atoms with E-state index in [1.165, 1.54) is 12.1 Å². The second kappa shape index (κ2) is 6.14. The molecule has 0 atom stereocenters. The molecule has 3 nitrogen and oxygen atoms in total. The normalized spacial score (nSPS) is 10.2. The lowest BCUT2D eigenvalue weighted by atomic mass is 10.0. The standard InChI is InChI=1S/C19H14O3/c20-15-11-12-17(19(21)14-7-3-1-4-8-14)18(13-15)22-16-9-5-2-6-10-16/h1-13,20H. The molecule has 0 unspecified atom stereocenters. The summed E-state index contributed by atoms with van der Waals surface area (Å²) in [4.78, 5) is 12.6. The minimum absolute atomic E-state index is 0.0514. The first-order valence-electron chi connectivity index (χ1n) is 6.90. The third kappa shape index (κ3) is 2.99. The van der Waals surface area contributed by atoms with E-state index in [1.54, 1.807) is 30.3 Å². The number of carbonyl (C=O) groups is 1. The minimum Gasteiger partial charge on any atom is -0.508 e. The fraction of sp³-hybridized carbons (Fsp3) is 0. The Bertz CT molecular complexity index is 780. The summed E-state index contributed by atoms with van der Waals surface area (Å²) in [6.45, 7) is 0. The van der Waals surface area contributed by atoms with Gasteiger partial charge in [0.25, 0.3) is 0 Å². The summed E-state index contributed by atoms with van der Waals surface area (Å²) in [5.74, 6) is 0.845. The maximum Gasteiger partial charge on any atom is 0.196 e. The van der Waals surface area contributed by atoms with Crippen molar-refractivity contribution in [2.24, 2.45) is 0 Å². The molecule has 0 aliphatic heterocycles. The number of rotatable bonds is 4. The average Bonchev–Trinajstić information content (AvgIpc) is 2.56. The predicted molar refractivity (Wildman–Crippen MR) is 84.5 cm³/mol. The molecule has 0 spiro atoms. The predicted octanol–water partition coefficient (Wildman–Crippen LogP) is 4.42. The van der Waals surface area contributed by atoms with E-state index in [9.17, 15) is 9.90 Å². The summed E-state index contributed by atoms with van der Waals surface area (Å²) in [6, 6.07) is 22.6. The van der Waals surface area contributed by atoms with E-state index in [0.29, 0.717) is 22.6 Å². The van der Waals surface area contributed by atoms with E-state index in [4.69, 9.17) is 4.74 Å². The Kier molecular flexibility index (Phi) is 3.88. The number of hydrogen-bond acceptors (Lipinski definition) is 3. The molecule has 3 aromatic carbocycles. The van der Waals surface area contributed by atoms with Crippen LogP contribution in [-0.2, 0) is 0 Å². The third-order valence-electron chi connectivity index (χ3n) is 3.22. The summed E-state index contributed by atoms with van der Waals surface area (Å²) in [5, 5.41) is 9.68. The van der Waals surface area contributed by atoms with Gasteiger partial charge in [-0.2, -0.15) is 0 Å². The SMILES string of the molecule is O=C(c1ccccc1)c1ccc(O)cc1Oc1ccccc1. The second-order valence-corrected chi connectivity index (χ2v) is 4.79. The van der Waals surface area contributed by atoms with Crippen molar-refractivity contribution < 1.29 is 14.6 Å². The zero-order valence-corrected chi connectivity index (χ0v) is 11.8. The molecule has 0 saturated carbocycles. The summed E-state index contributed by atoms with van der Waals surface area (Å²) in [7, 11) is 0. The first kappa shape index (κ1) is 13.9. The smallest absolute Gasteiger partial charge is 0.196 e. The summed E-state index contributed by atoms with van der Waals surface area (Å²) >= 11 is 0. The van der Waals surface area contributed by atoms with Crippen LogP contribution in [-0.4, -0.2) is 10.9 Å². The van der Waals surface area contributed by atoms with Gasteiger partial charge in [0, 0.05) is 11.6 Å². The van der Waals surface area contributed by atoms with Gasteiger partial charge >= 0.3 is 0 Å². The van der Waals surface area contributed by atoms with Crippen molar-refractivity contribution in [3.63, 3.8) is 0 Å². The van der Waals surface area contributed by atoms with Gasteiger partial charge in [0.05, 0.1) is 5.56 Å². The van der Waals surface area contributed by atoms with Crippen LogP contribution in [0, 0.1) is 0 Å². The number of aromatic hydroxyl groups is 1. The lowest BCUT2D eigenvalue weighted by Crippen LogP contribution is -2.03. The Morgan fingerprint density at radius 3 is 2.14 bits per heavy atom. The van der Waals surface area contributed by atoms with E-state index in [1.807, 2.05) is 36.4 Å². The highest BCUT2D eigenvalue weighted by Crippen LogP contribution is 2.30. The molecule has 22 heavy (non-hydrogen) atoms. The van der Waals surface area contributed by atoms with Crippen molar-refractivity contribution in [3.05, 3.63) is 90.0 Å². The number of ketones is 1. The lowest BCUT2D eigenvalue weighted by molar-refractivity contribution is 0.103. The fourth-order valence-electron chi connectivity index (χ4n) is 2.14. The van der Waals surface area contributed by atoms with Gasteiger partial charge in [-0.1, -0.05) is 48.5 Å². The van der Waals surface area contributed by atoms with Gasteiger partial charge in [-0.15, -0.1) is 0 Å². The summed E-state index contributed by atoms with van der Waals surface area (Å²) < 4.78 is 5.75. The van der Waals surface area contributed by atoms with Crippen molar-refractivity contribution in [1.29, 1.82) is 0 Å². The molecule has 0 radical (unpaired) electrons. The number of ether oxygens (including phenoxy) is 1. The van der Waals surface area contributed by atoms with Crippen molar-refractivity contribution in [3.8, 4) is 17.2 Å². The van der Waals surface area contributed by atoms with Gasteiger partial charge in [0.1, 0.15) is 17.2 Å². The lowest BCUT2D eigenvalue weighted by Gasteiger charge is -2.11. The molecular weight excluding hydrogens is 276 g/mol. The van der Waals surface area contributed by atoms with Crippen LogP contribution in [0.5, 0.6) is 17.2 Å². The highest BCUT2D eigenvalue weighted by atomic mass is 16.5. The van der Waals surface area contributed by atoms with Gasteiger partial charge in [-0.3, -0.25) is 4.79 Å². The number of carbonyl (C=O) groups excluding carboxylic acids is 1. The van der Waals surface area contributed by atoms with Crippen LogP contribution in [0.2, 0.25) is 0 Å². The van der Waals surface area contributed by atoms with Crippen molar-refractivity contribution in [2.75, 3.05) is 0 Å². The number of phenols is 1. The molecular formula is C19H14O3. The van der Waals surface area contributed by atoms with Gasteiger partial charge < -0.3 is 9.84 Å². The van der Waals surface area contributed by atoms with Gasteiger partial charge in [0.2, 0.25) is 0 Å². The van der Waals surface area contributed by atoms with Crippen molar-refractivity contribution in [1.82, 2.24) is 0 Å². The van der Waals surface area contributed by atoms with Crippen LogP contribution >= 0.6 is 0 Å². The molecule has 0 aromatic heterocycles. The van der Waals surface area contributed by atoms with Gasteiger partial charge in [-0.05, 0) is 24.3 Å². The summed E-state index contributed by atoms with van der Waals surface area (Å²) in [6.07, 6.45) is 0. The average molecular weight is 290 g/mol. The van der Waals surface area contributed by atoms with E-state index >= 15 is 0 Å². The maximum atomic E-state index is 12.6. The van der Waals surface area contributed by atoms with Crippen LogP contribution < -0.4 is 4.74 Å². The zero-order valence-electron chi connectivity index (χ0n) is 11.8. The monoisotopic (exact) mass is 290 g/mol. The molecule has 0 heterocycles. The van der Waals surface area contributed by atoms with Crippen molar-refractivity contribution in [2.45, 2.75) is 0 Å².